The van der Waals surface area contributed by atoms with Gasteiger partial charge in [-0.05, 0) is 26.3 Å². The molecule has 15 heavy (non-hydrogen) atoms. The van der Waals surface area contributed by atoms with Crippen molar-refractivity contribution >= 4 is 11.8 Å². The molecule has 0 saturated carbocycles. The summed E-state index contributed by atoms with van der Waals surface area (Å²) >= 11 is 0. The molecule has 0 aliphatic heterocycles. The van der Waals surface area contributed by atoms with Crippen LogP contribution in [0.5, 0.6) is 0 Å². The smallest absolute Gasteiger partial charge is 0.330 e. The quantitative estimate of drug-likeness (QED) is 0.352. The van der Waals surface area contributed by atoms with Gasteiger partial charge in [0.25, 0.3) is 0 Å². The molecule has 6 heteroatoms. The van der Waals surface area contributed by atoms with Gasteiger partial charge >= 0.3 is 5.97 Å². The summed E-state index contributed by atoms with van der Waals surface area (Å²) < 4.78 is 13.2. The number of carboxylic acid groups (broad SMARTS) is 1. The van der Waals surface area contributed by atoms with Gasteiger partial charge in [0.2, 0.25) is 0 Å². The van der Waals surface area contributed by atoms with Crippen molar-refractivity contribution in [1.29, 1.82) is 0 Å². The van der Waals surface area contributed by atoms with Crippen LogP contribution in [-0.2, 0) is 4.79 Å². The summed E-state index contributed by atoms with van der Waals surface area (Å²) in [5, 5.41) is 8.60. The average molecular weight is 217 g/mol. The molecule has 0 aliphatic carbocycles. The first-order valence-electron chi connectivity index (χ1n) is 4.43. The molecule has 0 radical (unpaired) electrons. The number of carboxylic acids is 1. The summed E-state index contributed by atoms with van der Waals surface area (Å²) in [6.45, 7) is 3.02. The highest BCUT2D eigenvalue weighted by atomic mass is 19.1. The minimum atomic E-state index is -1.97. The highest BCUT2D eigenvalue weighted by Gasteiger charge is 2.33. The molecule has 0 aromatic heterocycles. The molecule has 0 unspecified atom stereocenters. The molecule has 1 atom stereocenters. The van der Waals surface area contributed by atoms with E-state index in [1.54, 1.807) is 6.92 Å². The standard InChI is InChI=1S/C9H16FN3O2/c1-6(11)13-5-3-4-7(10)9(2,12)8(14)15/h4H,3,5,12H2,1-2H3,(H2,11,13)(H,14,15)/t9-/m1/s1. The molecule has 5 nitrogen and oxygen atoms in total. The largest absolute Gasteiger partial charge is 0.480 e. The summed E-state index contributed by atoms with van der Waals surface area (Å²) in [5.41, 5.74) is 8.53. The molecule has 0 amide bonds. The number of aliphatic imine (C=N–C) groups is 1. The second-order valence-electron chi connectivity index (χ2n) is 3.37. The molecule has 0 rings (SSSR count). The Bertz CT molecular complexity index is 294. The zero-order valence-electron chi connectivity index (χ0n) is 8.83. The van der Waals surface area contributed by atoms with E-state index in [4.69, 9.17) is 16.6 Å². The SMILES string of the molecule is CC(N)=NCCC=C(F)[C@@](C)(N)C(=O)O. The van der Waals surface area contributed by atoms with E-state index in [-0.39, 0.29) is 6.42 Å². The van der Waals surface area contributed by atoms with Crippen LogP contribution in [-0.4, -0.2) is 29.0 Å². The Morgan fingerprint density at radius 2 is 2.20 bits per heavy atom. The number of carbonyl (C=O) groups is 1. The van der Waals surface area contributed by atoms with E-state index in [0.29, 0.717) is 12.4 Å². The Morgan fingerprint density at radius 3 is 2.60 bits per heavy atom. The number of amidine groups is 1. The van der Waals surface area contributed by atoms with Crippen molar-refractivity contribution in [2.24, 2.45) is 16.5 Å². The number of nitrogens with zero attached hydrogens (tertiary/aromatic N) is 1. The van der Waals surface area contributed by atoms with Gasteiger partial charge in [-0.25, -0.2) is 9.18 Å². The van der Waals surface area contributed by atoms with Crippen molar-refractivity contribution in [3.05, 3.63) is 11.9 Å². The first-order chi connectivity index (χ1) is 6.78. The van der Waals surface area contributed by atoms with Crippen LogP contribution in [0.2, 0.25) is 0 Å². The van der Waals surface area contributed by atoms with Gasteiger partial charge in [0, 0.05) is 6.54 Å². The van der Waals surface area contributed by atoms with Crippen LogP contribution in [0.3, 0.4) is 0 Å². The first-order valence-corrected chi connectivity index (χ1v) is 4.43. The Morgan fingerprint density at radius 1 is 1.67 bits per heavy atom. The van der Waals surface area contributed by atoms with Gasteiger partial charge < -0.3 is 16.6 Å². The monoisotopic (exact) mass is 217 g/mol. The number of nitrogens with two attached hydrogens (primary N) is 2. The van der Waals surface area contributed by atoms with E-state index in [2.05, 4.69) is 4.99 Å². The summed E-state index contributed by atoms with van der Waals surface area (Å²) in [5.74, 6) is -1.88. The average Bonchev–Trinajstić information content (AvgIpc) is 2.11. The minimum Gasteiger partial charge on any atom is -0.480 e. The lowest BCUT2D eigenvalue weighted by Crippen LogP contribution is -2.45. The molecular weight excluding hydrogens is 201 g/mol. The highest BCUT2D eigenvalue weighted by Crippen LogP contribution is 2.15. The topological polar surface area (TPSA) is 102 Å². The molecule has 0 aromatic carbocycles. The van der Waals surface area contributed by atoms with Crippen molar-refractivity contribution < 1.29 is 14.3 Å². The van der Waals surface area contributed by atoms with E-state index < -0.39 is 17.3 Å². The zero-order valence-corrected chi connectivity index (χ0v) is 8.83. The molecular formula is C9H16FN3O2. The van der Waals surface area contributed by atoms with Gasteiger partial charge in [0.15, 0.2) is 5.54 Å². The van der Waals surface area contributed by atoms with E-state index in [1.807, 2.05) is 0 Å². The molecule has 0 bridgehead atoms. The molecule has 5 N–H and O–H groups in total. The van der Waals surface area contributed by atoms with Crippen molar-refractivity contribution in [2.45, 2.75) is 25.8 Å². The Balaban J connectivity index is 4.33. The predicted molar refractivity (Wildman–Crippen MR) is 56.2 cm³/mol. The van der Waals surface area contributed by atoms with Crippen LogP contribution in [0.4, 0.5) is 4.39 Å². The molecule has 0 saturated heterocycles. The molecule has 0 aliphatic rings. The number of rotatable bonds is 5. The number of hydrogen-bond donors (Lipinski definition) is 3. The summed E-state index contributed by atoms with van der Waals surface area (Å²) in [6, 6.07) is 0. The third-order valence-corrected chi connectivity index (χ3v) is 1.75. The summed E-state index contributed by atoms with van der Waals surface area (Å²) in [7, 11) is 0. The molecule has 0 fully saturated rings. The predicted octanol–water partition coefficient (Wildman–Crippen LogP) is 0.409. The summed E-state index contributed by atoms with van der Waals surface area (Å²) in [6.07, 6.45) is 1.38. The second kappa shape index (κ2) is 5.45. The number of hydrogen-bond acceptors (Lipinski definition) is 3. The van der Waals surface area contributed by atoms with Gasteiger partial charge in [-0.2, -0.15) is 0 Å². The van der Waals surface area contributed by atoms with Crippen LogP contribution in [0, 0.1) is 0 Å². The maximum absolute atomic E-state index is 13.2. The molecule has 0 aromatic rings. The third kappa shape index (κ3) is 4.55. The lowest BCUT2D eigenvalue weighted by Gasteiger charge is -2.16. The van der Waals surface area contributed by atoms with Crippen LogP contribution >= 0.6 is 0 Å². The lowest BCUT2D eigenvalue weighted by atomic mass is 10.0. The van der Waals surface area contributed by atoms with Crippen molar-refractivity contribution in [3.8, 4) is 0 Å². The fourth-order valence-electron chi connectivity index (χ4n) is 0.746. The van der Waals surface area contributed by atoms with Crippen molar-refractivity contribution in [2.75, 3.05) is 6.54 Å². The fraction of sp³-hybridized carbons (Fsp3) is 0.556. The first kappa shape index (κ1) is 13.6. The Labute approximate surface area is 87.7 Å². The van der Waals surface area contributed by atoms with Crippen molar-refractivity contribution in [1.82, 2.24) is 0 Å². The molecule has 0 heterocycles. The third-order valence-electron chi connectivity index (χ3n) is 1.75. The summed E-state index contributed by atoms with van der Waals surface area (Å²) in [4.78, 5) is 14.4. The van der Waals surface area contributed by atoms with E-state index in [0.717, 1.165) is 13.0 Å². The van der Waals surface area contributed by atoms with Gasteiger partial charge in [0.1, 0.15) is 5.83 Å². The van der Waals surface area contributed by atoms with Crippen molar-refractivity contribution in [3.63, 3.8) is 0 Å². The molecule has 86 valence electrons. The van der Waals surface area contributed by atoms with Crippen LogP contribution in [0.25, 0.3) is 0 Å². The van der Waals surface area contributed by atoms with Crippen LogP contribution in [0.15, 0.2) is 16.9 Å². The lowest BCUT2D eigenvalue weighted by molar-refractivity contribution is -0.141. The van der Waals surface area contributed by atoms with E-state index >= 15 is 0 Å². The molecule has 0 spiro atoms. The number of aliphatic carboxylic acids is 1. The maximum Gasteiger partial charge on any atom is 0.330 e. The highest BCUT2D eigenvalue weighted by molar-refractivity contribution is 5.81. The number of halogens is 1. The zero-order chi connectivity index (χ0) is 12.1. The van der Waals surface area contributed by atoms with Gasteiger partial charge in [-0.1, -0.05) is 0 Å². The van der Waals surface area contributed by atoms with E-state index in [9.17, 15) is 9.18 Å². The van der Waals surface area contributed by atoms with Crippen LogP contribution in [0.1, 0.15) is 20.3 Å². The maximum atomic E-state index is 13.2. The van der Waals surface area contributed by atoms with Gasteiger partial charge in [-0.15, -0.1) is 0 Å². The fourth-order valence-corrected chi connectivity index (χ4v) is 0.746. The van der Waals surface area contributed by atoms with Gasteiger partial charge in [0.05, 0.1) is 5.84 Å². The van der Waals surface area contributed by atoms with E-state index in [1.165, 1.54) is 0 Å². The Hall–Kier alpha value is -1.43. The minimum absolute atomic E-state index is 0.264. The van der Waals surface area contributed by atoms with Crippen LogP contribution < -0.4 is 11.5 Å². The normalized spacial score (nSPS) is 17.3. The second-order valence-corrected chi connectivity index (χ2v) is 3.37. The van der Waals surface area contributed by atoms with Gasteiger partial charge in [-0.3, -0.25) is 4.99 Å². The Kier molecular flexibility index (Phi) is 4.93.